The minimum absolute atomic E-state index is 0.0855. The van der Waals surface area contributed by atoms with Crippen LogP contribution in [0.1, 0.15) is 52.1 Å². The van der Waals surface area contributed by atoms with Crippen LogP contribution < -0.4 is 16.2 Å². The van der Waals surface area contributed by atoms with Gasteiger partial charge in [-0.15, -0.1) is 0 Å². The number of anilines is 1. The van der Waals surface area contributed by atoms with Gasteiger partial charge in [0.1, 0.15) is 12.3 Å². The van der Waals surface area contributed by atoms with Gasteiger partial charge in [0.05, 0.1) is 11.8 Å². The van der Waals surface area contributed by atoms with Crippen molar-refractivity contribution in [1.29, 1.82) is 0 Å². The topological polar surface area (TPSA) is 137 Å². The molecule has 2 aromatic rings. The zero-order valence-corrected chi connectivity index (χ0v) is 34.0. The molecule has 0 saturated heterocycles. The van der Waals surface area contributed by atoms with Gasteiger partial charge in [-0.1, -0.05) is 20.3 Å². The Morgan fingerprint density at radius 1 is 0.770 bits per heavy atom. The highest BCUT2D eigenvalue weighted by atomic mass is 28.4. The molecule has 2 aromatic heterocycles. The van der Waals surface area contributed by atoms with E-state index >= 15 is 0 Å². The average molecular weight is 938 g/mol. The summed E-state index contributed by atoms with van der Waals surface area (Å²) >= 11 is 0. The number of nitrogens with one attached hydrogen (secondary N) is 3. The summed E-state index contributed by atoms with van der Waals surface area (Å²) in [5.74, 6) is -65.9. The van der Waals surface area contributed by atoms with Crippen LogP contribution in [0.3, 0.4) is 0 Å². The number of carbonyl (C=O) groups is 2. The SMILES string of the molecule is CCCCNC(=O)Nc1nc2c(cc(CC(=O)OCC(F)(F)C(F)(F)C(F)(F)C(F)(F)C(F)(F)C(F)(F)C(F)(F)C(F)(F)COCCC[Si](C)(C)OCC)n2CCC)c(=O)[nH]1. The van der Waals surface area contributed by atoms with E-state index in [1.54, 1.807) is 20.0 Å². The first-order valence-corrected chi connectivity index (χ1v) is 21.3. The molecule has 0 unspecified atom stereocenters. The summed E-state index contributed by atoms with van der Waals surface area (Å²) in [6, 6.07) is 0.171. The van der Waals surface area contributed by atoms with Gasteiger partial charge in [0.2, 0.25) is 5.95 Å². The maximum absolute atomic E-state index is 14.6. The van der Waals surface area contributed by atoms with Gasteiger partial charge in [-0.3, -0.25) is 19.9 Å². The molecular weight excluding hydrogens is 894 g/mol. The smallest absolute Gasteiger partial charge is 0.385 e. The largest absolute Gasteiger partial charge is 0.459 e. The number of carbonyl (C=O) groups excluding carboxylic acids is 2. The summed E-state index contributed by atoms with van der Waals surface area (Å²) in [6.07, 6.45) is -0.0812. The number of urea groups is 1. The van der Waals surface area contributed by atoms with Crippen molar-refractivity contribution in [1.82, 2.24) is 19.9 Å². The van der Waals surface area contributed by atoms with Crippen LogP contribution in [0.4, 0.5) is 81.0 Å². The van der Waals surface area contributed by atoms with E-state index in [4.69, 9.17) is 4.43 Å². The first-order chi connectivity index (χ1) is 27.7. The Labute approximate surface area is 337 Å². The number of hydrogen-bond donors (Lipinski definition) is 3. The highest BCUT2D eigenvalue weighted by Crippen LogP contribution is 2.63. The lowest BCUT2D eigenvalue weighted by Gasteiger charge is -2.43. The second-order valence-corrected chi connectivity index (χ2v) is 18.5. The van der Waals surface area contributed by atoms with Crippen molar-refractivity contribution in [3.05, 3.63) is 22.1 Å². The number of nitrogens with zero attached hydrogens (tertiary/aromatic N) is 2. The Morgan fingerprint density at radius 2 is 1.30 bits per heavy atom. The highest BCUT2D eigenvalue weighted by Gasteiger charge is 2.94. The third kappa shape index (κ3) is 10.9. The quantitative estimate of drug-likeness (QED) is 0.0392. The normalized spacial score (nSPS) is 14.1. The number of aromatic amines is 1. The van der Waals surface area contributed by atoms with Crippen LogP contribution in [0.5, 0.6) is 0 Å². The number of hydrogen-bond acceptors (Lipinski definition) is 7. The molecule has 3 N–H and O–H groups in total. The van der Waals surface area contributed by atoms with Gasteiger partial charge in [-0.05, 0) is 51.4 Å². The molecule has 0 radical (unpaired) electrons. The number of esters is 1. The van der Waals surface area contributed by atoms with Gasteiger partial charge in [0.25, 0.3) is 5.56 Å². The first kappa shape index (κ1) is 53.3. The van der Waals surface area contributed by atoms with Crippen molar-refractivity contribution < 1.29 is 93.7 Å². The number of fused-ring (bicyclic) bond motifs is 1. The lowest BCUT2D eigenvalue weighted by molar-refractivity contribution is -0.455. The highest BCUT2D eigenvalue weighted by molar-refractivity contribution is 6.71. The number of unbranched alkanes of at least 4 members (excludes halogenated alkanes) is 1. The first-order valence-electron chi connectivity index (χ1n) is 18.2. The van der Waals surface area contributed by atoms with Crippen LogP contribution in [0.15, 0.2) is 10.9 Å². The fraction of sp³-hybridized carbons (Fsp3) is 0.758. The van der Waals surface area contributed by atoms with Gasteiger partial charge in [0, 0.05) is 32.0 Å². The molecule has 352 valence electrons. The molecule has 0 aliphatic carbocycles. The third-order valence-corrected chi connectivity index (χ3v) is 11.5. The van der Waals surface area contributed by atoms with Crippen LogP contribution in [0, 0.1) is 0 Å². The number of alkyl halides is 16. The molecule has 0 atom stereocenters. The van der Waals surface area contributed by atoms with Crippen molar-refractivity contribution >= 4 is 37.3 Å². The Hall–Kier alpha value is -3.82. The molecule has 0 bridgehead atoms. The minimum Gasteiger partial charge on any atom is -0.459 e. The molecule has 11 nitrogen and oxygen atoms in total. The monoisotopic (exact) mass is 937 g/mol. The van der Waals surface area contributed by atoms with Crippen molar-refractivity contribution in [2.45, 2.75) is 126 Å². The van der Waals surface area contributed by atoms with Crippen molar-refractivity contribution in [2.75, 3.05) is 38.3 Å². The summed E-state index contributed by atoms with van der Waals surface area (Å²) in [5, 5.41) is 4.35. The van der Waals surface area contributed by atoms with Crippen LogP contribution in [-0.4, -0.2) is 115 Å². The lowest BCUT2D eigenvalue weighted by atomic mass is 9.88. The van der Waals surface area contributed by atoms with E-state index in [0.717, 1.165) is 10.6 Å². The standard InChI is InChI=1S/C33H43F16N5O6Si/c1-6-9-11-50-25(57)53-24-51-22-20(23(56)52-24)15-19(54(22)12-7-2)16-21(55)59-18-27(36,37)29(40,41)31(44,45)33(48,49)32(46,47)30(42,43)28(38,39)26(34,35)17-58-13-10-14-61(4,5)60-8-3/h15H,6-14,16-18H2,1-5H3,(H3,50,51,52,53,56,57). The number of amides is 2. The van der Waals surface area contributed by atoms with E-state index in [-0.39, 0.29) is 55.3 Å². The summed E-state index contributed by atoms with van der Waals surface area (Å²) in [5.41, 5.74) is -1.59. The zero-order chi connectivity index (χ0) is 47.3. The number of ether oxygens (including phenoxy) is 2. The van der Waals surface area contributed by atoms with Gasteiger partial charge in [0.15, 0.2) is 14.9 Å². The van der Waals surface area contributed by atoms with Crippen molar-refractivity contribution in [3.8, 4) is 0 Å². The van der Waals surface area contributed by atoms with Crippen molar-refractivity contribution in [3.63, 3.8) is 0 Å². The van der Waals surface area contributed by atoms with Crippen LogP contribution in [0.25, 0.3) is 11.0 Å². The second kappa shape index (κ2) is 19.3. The molecule has 0 aliphatic heterocycles. The van der Waals surface area contributed by atoms with E-state index in [9.17, 15) is 84.6 Å². The Morgan fingerprint density at radius 3 is 1.80 bits per heavy atom. The average Bonchev–Trinajstić information content (AvgIpc) is 3.46. The predicted octanol–water partition coefficient (Wildman–Crippen LogP) is 8.87. The summed E-state index contributed by atoms with van der Waals surface area (Å²) in [4.78, 5) is 43.4. The van der Waals surface area contributed by atoms with E-state index in [0.29, 0.717) is 12.8 Å². The lowest BCUT2D eigenvalue weighted by Crippen LogP contribution is -2.75. The molecule has 0 aromatic carbocycles. The minimum atomic E-state index is -8.67. The Kier molecular flexibility index (Phi) is 16.9. The summed E-state index contributed by atoms with van der Waals surface area (Å²) < 4.78 is 245. The molecule has 61 heavy (non-hydrogen) atoms. The summed E-state index contributed by atoms with van der Waals surface area (Å²) in [7, 11) is -2.46. The van der Waals surface area contributed by atoms with Crippen LogP contribution >= 0.6 is 0 Å². The number of rotatable bonds is 25. The fourth-order valence-corrected chi connectivity index (χ4v) is 7.38. The predicted molar refractivity (Wildman–Crippen MR) is 186 cm³/mol. The third-order valence-electron chi connectivity index (χ3n) is 8.86. The molecule has 0 spiro atoms. The molecule has 2 rings (SSSR count). The number of H-pyrrole nitrogens is 1. The molecule has 0 saturated carbocycles. The zero-order valence-electron chi connectivity index (χ0n) is 33.0. The number of aromatic nitrogens is 3. The molecule has 0 fully saturated rings. The Bertz CT molecular complexity index is 1880. The van der Waals surface area contributed by atoms with Gasteiger partial charge < -0.3 is 23.8 Å². The van der Waals surface area contributed by atoms with Crippen LogP contribution in [-0.2, 0) is 31.7 Å². The number of halogens is 16. The van der Waals surface area contributed by atoms with Gasteiger partial charge in [-0.25, -0.2) is 4.79 Å². The second-order valence-electron chi connectivity index (χ2n) is 14.2. The number of aryl methyl sites for hydroxylation is 1. The van der Waals surface area contributed by atoms with Crippen LogP contribution in [0.2, 0.25) is 19.1 Å². The molecule has 2 heterocycles. The van der Waals surface area contributed by atoms with Gasteiger partial charge in [-0.2, -0.15) is 75.2 Å². The fourth-order valence-electron chi connectivity index (χ4n) is 5.46. The molecular formula is C33H43F16N5O6Si. The van der Waals surface area contributed by atoms with E-state index in [1.165, 1.54) is 6.92 Å². The van der Waals surface area contributed by atoms with E-state index in [1.807, 2.05) is 6.92 Å². The maximum atomic E-state index is 14.6. The van der Waals surface area contributed by atoms with E-state index in [2.05, 4.69) is 30.1 Å². The molecule has 28 heteroatoms. The molecule has 2 amide bonds. The van der Waals surface area contributed by atoms with E-state index < -0.39 is 105 Å². The molecule has 0 aliphatic rings. The maximum Gasteiger partial charge on any atom is 0.385 e. The summed E-state index contributed by atoms with van der Waals surface area (Å²) in [6.45, 7) is 1.25. The van der Waals surface area contributed by atoms with Crippen molar-refractivity contribution in [2.24, 2.45) is 0 Å². The Balaban J connectivity index is 2.32. The van der Waals surface area contributed by atoms with Gasteiger partial charge >= 0.3 is 59.4 Å².